The first-order valence-corrected chi connectivity index (χ1v) is 10.6. The maximum Gasteiger partial charge on any atom is 0.194 e. The third-order valence-electron chi connectivity index (χ3n) is 5.93. The van der Waals surface area contributed by atoms with E-state index in [1.54, 1.807) is 0 Å². The van der Waals surface area contributed by atoms with E-state index in [1.807, 2.05) is 0 Å². The zero-order valence-corrected chi connectivity index (χ0v) is 18.5. The molecule has 0 fully saturated rings. The normalized spacial score (nSPS) is 18.0. The molecule has 0 aliphatic carbocycles. The first-order valence-electron chi connectivity index (χ1n) is 10.6. The molecule has 2 aromatic rings. The number of rotatable bonds is 11. The van der Waals surface area contributed by atoms with Gasteiger partial charge in [0.1, 0.15) is 23.9 Å². The molecule has 0 saturated carbocycles. The van der Waals surface area contributed by atoms with Crippen molar-refractivity contribution in [1.29, 1.82) is 0 Å². The highest BCUT2D eigenvalue weighted by molar-refractivity contribution is 5.26. The molecule has 12 heteroatoms. The molecule has 0 saturated heterocycles. The van der Waals surface area contributed by atoms with Gasteiger partial charge >= 0.3 is 0 Å². The van der Waals surface area contributed by atoms with Crippen LogP contribution in [-0.2, 0) is 12.8 Å². The van der Waals surface area contributed by atoms with Crippen molar-refractivity contribution in [2.45, 2.75) is 62.1 Å². The van der Waals surface area contributed by atoms with Crippen molar-refractivity contribution in [3.8, 4) is 0 Å². The Bertz CT molecular complexity index is 1040. The average molecular weight is 512 g/mol. The first-order chi connectivity index (χ1) is 16.2. The molecule has 0 spiro atoms. The molecule has 1 unspecified atom stereocenters. The number of hydrogen-bond donors (Lipinski definition) is 6. The van der Waals surface area contributed by atoms with E-state index in [0.29, 0.717) is 18.2 Å². The number of benzene rings is 2. The maximum atomic E-state index is 14.3. The predicted molar refractivity (Wildman–Crippen MR) is 110 cm³/mol. The second-order valence-corrected chi connectivity index (χ2v) is 8.46. The quantitative estimate of drug-likeness (QED) is 0.201. The summed E-state index contributed by atoms with van der Waals surface area (Å²) in [5.41, 5.74) is -7.17. The summed E-state index contributed by atoms with van der Waals surface area (Å²) in [5, 5.41) is 63.2. The summed E-state index contributed by atoms with van der Waals surface area (Å²) in [4.78, 5) is 0. The number of hydrogen-bond acceptors (Lipinski definition) is 6. The van der Waals surface area contributed by atoms with Crippen molar-refractivity contribution < 1.29 is 57.0 Å². The van der Waals surface area contributed by atoms with Crippen LogP contribution in [0.15, 0.2) is 24.3 Å². The summed E-state index contributed by atoms with van der Waals surface area (Å²) in [6, 6.07) is 2.50. The highest BCUT2D eigenvalue weighted by Gasteiger charge is 2.54. The standard InChI is InChI=1S/C23H26F6O6/c1-2-7-22(34,8-11-3-5-13(24)18(28)16(11)26)21(33)23(35,20(32)15(31)10-30)9-12-4-6-14(25)19(29)17(12)27/h3-6,15,20-21,30-35H,2,7-10H2,1H3/t15-,20+,21+,22?,23+/m0/s1. The summed E-state index contributed by atoms with van der Waals surface area (Å²) >= 11 is 0. The van der Waals surface area contributed by atoms with Gasteiger partial charge in [-0.3, -0.25) is 0 Å². The monoisotopic (exact) mass is 512 g/mol. The van der Waals surface area contributed by atoms with Crippen LogP contribution in [0, 0.1) is 34.9 Å². The van der Waals surface area contributed by atoms with Crippen molar-refractivity contribution >= 4 is 0 Å². The largest absolute Gasteiger partial charge is 0.394 e. The van der Waals surface area contributed by atoms with Crippen LogP contribution in [0.25, 0.3) is 0 Å². The maximum absolute atomic E-state index is 14.3. The van der Waals surface area contributed by atoms with Crippen molar-refractivity contribution in [2.24, 2.45) is 0 Å². The summed E-state index contributed by atoms with van der Waals surface area (Å²) in [6.07, 6.45) is -9.82. The Morgan fingerprint density at radius 1 is 0.743 bits per heavy atom. The fourth-order valence-electron chi connectivity index (χ4n) is 4.06. The molecule has 5 atom stereocenters. The van der Waals surface area contributed by atoms with E-state index in [1.165, 1.54) is 6.92 Å². The first kappa shape index (κ1) is 29.0. The molecule has 0 radical (unpaired) electrons. The molecule has 0 aliphatic rings. The van der Waals surface area contributed by atoms with Crippen LogP contribution in [0.2, 0.25) is 0 Å². The third-order valence-corrected chi connectivity index (χ3v) is 5.93. The lowest BCUT2D eigenvalue weighted by molar-refractivity contribution is -0.230. The predicted octanol–water partition coefficient (Wildman–Crippen LogP) is 1.64. The molecule has 196 valence electrons. The SMILES string of the molecule is CCCC(O)(Cc1ccc(F)c(F)c1F)[C@@H](O)[C@@](O)(Cc1ccc(F)c(F)c1F)[C@H](O)[C@@H](O)CO. The Kier molecular flexibility index (Phi) is 9.31. The van der Waals surface area contributed by atoms with E-state index in [4.69, 9.17) is 0 Å². The van der Waals surface area contributed by atoms with Gasteiger partial charge in [0.15, 0.2) is 34.9 Å². The van der Waals surface area contributed by atoms with Crippen LogP contribution < -0.4 is 0 Å². The van der Waals surface area contributed by atoms with Crippen LogP contribution in [0.4, 0.5) is 26.3 Å². The highest BCUT2D eigenvalue weighted by Crippen LogP contribution is 2.36. The number of halogens is 6. The van der Waals surface area contributed by atoms with Crippen molar-refractivity contribution in [3.05, 3.63) is 70.3 Å². The molecule has 0 aliphatic heterocycles. The van der Waals surface area contributed by atoms with Gasteiger partial charge in [-0.25, -0.2) is 26.3 Å². The molecule has 0 heterocycles. The fraction of sp³-hybridized carbons (Fsp3) is 0.478. The molecule has 2 aromatic carbocycles. The molecular formula is C23H26F6O6. The minimum atomic E-state index is -3.15. The van der Waals surface area contributed by atoms with Crippen molar-refractivity contribution in [3.63, 3.8) is 0 Å². The second-order valence-electron chi connectivity index (χ2n) is 8.46. The lowest BCUT2D eigenvalue weighted by Gasteiger charge is -2.46. The van der Waals surface area contributed by atoms with Gasteiger partial charge in [0.05, 0.1) is 12.2 Å². The lowest BCUT2D eigenvalue weighted by atomic mass is 9.71. The van der Waals surface area contributed by atoms with Gasteiger partial charge in [-0.1, -0.05) is 25.5 Å². The third kappa shape index (κ3) is 5.79. The van der Waals surface area contributed by atoms with Gasteiger partial charge in [0.2, 0.25) is 0 Å². The number of aliphatic hydroxyl groups excluding tert-OH is 4. The molecule has 0 aromatic heterocycles. The van der Waals surface area contributed by atoms with E-state index < -0.39 is 101 Å². The minimum absolute atomic E-state index is 0.0487. The van der Waals surface area contributed by atoms with Gasteiger partial charge in [-0.15, -0.1) is 0 Å². The minimum Gasteiger partial charge on any atom is -0.394 e. The molecule has 6 N–H and O–H groups in total. The van der Waals surface area contributed by atoms with Crippen LogP contribution in [0.1, 0.15) is 30.9 Å². The van der Waals surface area contributed by atoms with Crippen molar-refractivity contribution in [2.75, 3.05) is 6.61 Å². The van der Waals surface area contributed by atoms with E-state index in [-0.39, 0.29) is 6.42 Å². The Hall–Kier alpha value is -2.22. The molecule has 0 amide bonds. The molecule has 6 nitrogen and oxygen atoms in total. The molecule has 35 heavy (non-hydrogen) atoms. The van der Waals surface area contributed by atoms with Crippen LogP contribution in [0.5, 0.6) is 0 Å². The van der Waals surface area contributed by atoms with Crippen molar-refractivity contribution in [1.82, 2.24) is 0 Å². The Labute approximate surface area is 196 Å². The van der Waals surface area contributed by atoms with Gasteiger partial charge in [-0.2, -0.15) is 0 Å². The molecule has 2 rings (SSSR count). The van der Waals surface area contributed by atoms with Crippen LogP contribution in [-0.4, -0.2) is 66.8 Å². The average Bonchev–Trinajstić information content (AvgIpc) is 2.83. The zero-order valence-electron chi connectivity index (χ0n) is 18.5. The van der Waals surface area contributed by atoms with Gasteiger partial charge < -0.3 is 30.6 Å². The highest BCUT2D eigenvalue weighted by atomic mass is 19.2. The van der Waals surface area contributed by atoms with E-state index in [0.717, 1.165) is 6.07 Å². The van der Waals surface area contributed by atoms with Gasteiger partial charge in [-0.05, 0) is 29.7 Å². The summed E-state index contributed by atoms with van der Waals surface area (Å²) < 4.78 is 82.8. The van der Waals surface area contributed by atoms with Gasteiger partial charge in [0.25, 0.3) is 0 Å². The van der Waals surface area contributed by atoms with Crippen LogP contribution >= 0.6 is 0 Å². The Balaban J connectivity index is 2.61. The second kappa shape index (κ2) is 11.2. The van der Waals surface area contributed by atoms with Gasteiger partial charge in [0, 0.05) is 12.8 Å². The van der Waals surface area contributed by atoms with E-state index in [2.05, 4.69) is 0 Å². The lowest BCUT2D eigenvalue weighted by Crippen LogP contribution is -2.66. The molecule has 0 bridgehead atoms. The summed E-state index contributed by atoms with van der Waals surface area (Å²) in [6.45, 7) is 0.312. The van der Waals surface area contributed by atoms with E-state index >= 15 is 0 Å². The number of aliphatic hydroxyl groups is 6. The Morgan fingerprint density at radius 2 is 1.20 bits per heavy atom. The fourth-order valence-corrected chi connectivity index (χ4v) is 4.06. The van der Waals surface area contributed by atoms with E-state index in [9.17, 15) is 57.0 Å². The smallest absolute Gasteiger partial charge is 0.194 e. The molecular weight excluding hydrogens is 486 g/mol. The zero-order chi connectivity index (χ0) is 26.7. The summed E-state index contributed by atoms with van der Waals surface area (Å²) in [7, 11) is 0. The summed E-state index contributed by atoms with van der Waals surface area (Å²) in [5.74, 6) is -10.4. The Morgan fingerprint density at radius 3 is 1.63 bits per heavy atom. The van der Waals surface area contributed by atoms with Crippen LogP contribution in [0.3, 0.4) is 0 Å². The topological polar surface area (TPSA) is 121 Å².